The Bertz CT molecular complexity index is 2180. The Morgan fingerprint density at radius 2 is 1.63 bits per heavy atom. The van der Waals surface area contributed by atoms with E-state index in [9.17, 15) is 24.9 Å². The number of H-pyrrole nitrogens is 1. The Balaban J connectivity index is 1.77. The number of carbonyl (C=O) groups excluding carboxylic acids is 4. The fraction of sp³-hybridized carbons (Fsp3) is 0.343. The standard InChI is InChI=1S/C35H43N15O6S/c1-55-23-7-5-17(10-21(23)49-29(53)20(39)11-19-13-45-16-46-19)33(31(54)47-18-6-8-24(56-2)22(12-18)48-25(51)4-3-9-36)26-30(57-27(28(40)52)34(26,41)42)50-35(43,44)32(33,14-37)15-38/h5-8,10,12-13,16,20,27,50H,3-4,9,11,36,39,41-44H2,1-2H3,(H2,40,52)(H,45,46)(H,47,54)(H,48,51)(H,49,53). The smallest absolute Gasteiger partial charge is 0.242 e. The van der Waals surface area contributed by atoms with Gasteiger partial charge in [-0.3, -0.25) is 30.6 Å². The average Bonchev–Trinajstić information content (AvgIpc) is 3.77. The van der Waals surface area contributed by atoms with E-state index < -0.39 is 57.2 Å². The van der Waals surface area contributed by atoms with Crippen LogP contribution in [0, 0.1) is 28.1 Å². The van der Waals surface area contributed by atoms with Crippen LogP contribution in [0.15, 0.2) is 59.5 Å². The van der Waals surface area contributed by atoms with Crippen LogP contribution in [0.4, 0.5) is 17.1 Å². The van der Waals surface area contributed by atoms with Crippen molar-refractivity contribution in [3.63, 3.8) is 0 Å². The Kier molecular flexibility index (Phi) is 11.8. The number of carbonyl (C=O) groups is 4. The van der Waals surface area contributed by atoms with Crippen molar-refractivity contribution in [1.29, 1.82) is 10.5 Å². The summed E-state index contributed by atoms with van der Waals surface area (Å²) in [6.07, 6.45) is 3.51. The highest BCUT2D eigenvalue weighted by molar-refractivity contribution is 8.04. The molecule has 2 aliphatic rings. The molecule has 1 aromatic heterocycles. The highest BCUT2D eigenvalue weighted by atomic mass is 32.2. The molecule has 0 saturated heterocycles. The molecule has 5 rings (SSSR count). The molecule has 4 amide bonds. The number of anilines is 3. The molecular formula is C35H43N15O6S. The maximum absolute atomic E-state index is 15.5. The van der Waals surface area contributed by atoms with E-state index in [0.717, 1.165) is 0 Å². The predicted molar refractivity (Wildman–Crippen MR) is 209 cm³/mol. The van der Waals surface area contributed by atoms with Crippen LogP contribution >= 0.6 is 11.8 Å². The van der Waals surface area contributed by atoms with Crippen LogP contribution in [0.2, 0.25) is 0 Å². The first-order valence-corrected chi connectivity index (χ1v) is 18.0. The summed E-state index contributed by atoms with van der Waals surface area (Å²) in [5.74, 6) is -5.54. The first-order valence-electron chi connectivity index (χ1n) is 17.2. The highest BCUT2D eigenvalue weighted by Crippen LogP contribution is 2.61. The summed E-state index contributed by atoms with van der Waals surface area (Å²) in [7, 11) is 2.68. The number of primary amides is 1. The van der Waals surface area contributed by atoms with Crippen LogP contribution in [0.5, 0.6) is 11.5 Å². The summed E-state index contributed by atoms with van der Waals surface area (Å²) >= 11 is 0.696. The van der Waals surface area contributed by atoms with Gasteiger partial charge in [0.25, 0.3) is 0 Å². The van der Waals surface area contributed by atoms with Crippen molar-refractivity contribution < 1.29 is 28.7 Å². The molecule has 0 bridgehead atoms. The minimum atomic E-state index is -2.86. The van der Waals surface area contributed by atoms with Gasteiger partial charge in [-0.05, 0) is 48.9 Å². The number of ether oxygens (including phenoxy) is 2. The molecule has 0 fully saturated rings. The Morgan fingerprint density at radius 3 is 2.21 bits per heavy atom. The van der Waals surface area contributed by atoms with Crippen LogP contribution < -0.4 is 70.9 Å². The fourth-order valence-electron chi connectivity index (χ4n) is 6.98. The third-order valence-corrected chi connectivity index (χ3v) is 11.1. The number of hydrogen-bond acceptors (Lipinski definition) is 17. The van der Waals surface area contributed by atoms with Gasteiger partial charge in [0, 0.05) is 30.3 Å². The second kappa shape index (κ2) is 16.1. The largest absolute Gasteiger partial charge is 0.495 e. The van der Waals surface area contributed by atoms with Crippen molar-refractivity contribution in [3.05, 3.63) is 70.8 Å². The number of rotatable bonds is 14. The van der Waals surface area contributed by atoms with E-state index in [1.165, 1.54) is 56.9 Å². The summed E-state index contributed by atoms with van der Waals surface area (Å²) in [5.41, 5.74) is 36.4. The Labute approximate surface area is 330 Å². The number of nitrogens with one attached hydrogen (secondary N) is 5. The van der Waals surface area contributed by atoms with E-state index >= 15 is 4.79 Å². The molecule has 0 spiro atoms. The number of aromatic nitrogens is 2. The minimum absolute atomic E-state index is 0.0162. The lowest BCUT2D eigenvalue weighted by Crippen LogP contribution is -2.81. The number of imidazole rings is 1. The zero-order chi connectivity index (χ0) is 41.9. The molecule has 3 atom stereocenters. The molecule has 0 radical (unpaired) electrons. The molecular weight excluding hydrogens is 759 g/mol. The lowest BCUT2D eigenvalue weighted by atomic mass is 9.50. The number of nitriles is 2. The van der Waals surface area contributed by atoms with Crippen LogP contribution in [0.1, 0.15) is 24.1 Å². The molecule has 22 heteroatoms. The number of nitrogens with two attached hydrogens (primary N) is 7. The third-order valence-electron chi connectivity index (χ3n) is 9.69. The maximum atomic E-state index is 15.5. The number of methoxy groups -OCH3 is 2. The number of hydrogen-bond donors (Lipinski definition) is 12. The van der Waals surface area contributed by atoms with Gasteiger partial charge in [0.1, 0.15) is 27.8 Å². The number of nitrogens with zero attached hydrogens (tertiary/aromatic N) is 3. The Morgan fingerprint density at radius 1 is 0.982 bits per heavy atom. The van der Waals surface area contributed by atoms with Gasteiger partial charge in [-0.15, -0.1) is 0 Å². The quantitative estimate of drug-likeness (QED) is 0.0794. The molecule has 0 saturated carbocycles. The molecule has 300 valence electrons. The second-order valence-corrected chi connectivity index (χ2v) is 14.5. The summed E-state index contributed by atoms with van der Waals surface area (Å²) < 4.78 is 10.9. The molecule has 21 nitrogen and oxygen atoms in total. The predicted octanol–water partition coefficient (Wildman–Crippen LogP) is -1.88. The topological polar surface area (TPSA) is 393 Å². The van der Waals surface area contributed by atoms with Gasteiger partial charge in [-0.1, -0.05) is 17.8 Å². The first-order chi connectivity index (χ1) is 27.0. The molecule has 0 aliphatic carbocycles. The maximum Gasteiger partial charge on any atom is 0.242 e. The molecule has 3 unspecified atom stereocenters. The molecule has 57 heavy (non-hydrogen) atoms. The van der Waals surface area contributed by atoms with Crippen molar-refractivity contribution in [1.82, 2.24) is 15.3 Å². The Hall–Kier alpha value is -6.24. The van der Waals surface area contributed by atoms with Gasteiger partial charge in [0.15, 0.2) is 5.79 Å². The van der Waals surface area contributed by atoms with E-state index in [1.807, 2.05) is 12.1 Å². The normalized spacial score (nSPS) is 20.4. The molecule has 3 heterocycles. The number of thioether (sulfide) groups is 1. The summed E-state index contributed by atoms with van der Waals surface area (Å²) in [6.45, 7) is 0.270. The zero-order valence-electron chi connectivity index (χ0n) is 30.8. The van der Waals surface area contributed by atoms with Crippen molar-refractivity contribution >= 4 is 52.5 Å². The molecule has 19 N–H and O–H groups in total. The highest BCUT2D eigenvalue weighted by Gasteiger charge is 2.76. The molecule has 2 aliphatic heterocycles. The van der Waals surface area contributed by atoms with Crippen molar-refractivity contribution in [3.8, 4) is 23.6 Å². The summed E-state index contributed by atoms with van der Waals surface area (Å²) in [5, 5.41) is 31.4. The summed E-state index contributed by atoms with van der Waals surface area (Å²) in [6, 6.07) is 10.8. The van der Waals surface area contributed by atoms with Gasteiger partial charge in [0.05, 0.1) is 60.8 Å². The molecule has 2 aromatic carbocycles. The third kappa shape index (κ3) is 7.18. The van der Waals surface area contributed by atoms with E-state index in [4.69, 9.17) is 49.6 Å². The van der Waals surface area contributed by atoms with Crippen molar-refractivity contribution in [2.75, 3.05) is 36.7 Å². The van der Waals surface area contributed by atoms with Crippen LogP contribution in [-0.2, 0) is 31.0 Å². The van der Waals surface area contributed by atoms with Crippen molar-refractivity contribution in [2.24, 2.45) is 45.6 Å². The average molecular weight is 802 g/mol. The monoisotopic (exact) mass is 801 g/mol. The van der Waals surface area contributed by atoms with E-state index in [1.54, 1.807) is 6.20 Å². The van der Waals surface area contributed by atoms with Crippen LogP contribution in [-0.4, -0.2) is 77.1 Å². The lowest BCUT2D eigenvalue weighted by molar-refractivity contribution is -0.125. The first kappa shape index (κ1) is 41.9. The van der Waals surface area contributed by atoms with Crippen molar-refractivity contribution in [2.45, 2.75) is 47.4 Å². The minimum Gasteiger partial charge on any atom is -0.495 e. The molecule has 3 aromatic rings. The van der Waals surface area contributed by atoms with Gasteiger partial charge in [-0.2, -0.15) is 10.5 Å². The van der Waals surface area contributed by atoms with Gasteiger partial charge >= 0.3 is 0 Å². The second-order valence-electron chi connectivity index (χ2n) is 13.3. The van der Waals surface area contributed by atoms with E-state index in [-0.39, 0.29) is 64.1 Å². The van der Waals surface area contributed by atoms with Gasteiger partial charge in [0.2, 0.25) is 29.0 Å². The lowest BCUT2D eigenvalue weighted by Gasteiger charge is -2.54. The van der Waals surface area contributed by atoms with E-state index in [2.05, 4.69) is 31.2 Å². The van der Waals surface area contributed by atoms with Crippen LogP contribution in [0.3, 0.4) is 0 Å². The number of benzene rings is 2. The van der Waals surface area contributed by atoms with Crippen LogP contribution in [0.25, 0.3) is 0 Å². The number of aromatic amines is 1. The SMILES string of the molecule is COc1ccc(NC(=O)C2(c3ccc(OC)c(NC(=O)C(N)Cc4c[nH]cn4)c3)C3=C(NC(N)(N)C2(C#N)C#N)SC(C(N)=O)C3(N)N)cc1NC(=O)CCCN. The fourth-order valence-corrected chi connectivity index (χ4v) is 8.32. The van der Waals surface area contributed by atoms with Gasteiger partial charge < -0.3 is 64.4 Å². The van der Waals surface area contributed by atoms with E-state index in [0.29, 0.717) is 23.9 Å². The zero-order valence-corrected chi connectivity index (χ0v) is 31.7. The number of amides is 4. The summed E-state index contributed by atoms with van der Waals surface area (Å²) in [4.78, 5) is 61.5. The van der Waals surface area contributed by atoms with Gasteiger partial charge in [-0.25, -0.2) is 4.98 Å².